The van der Waals surface area contributed by atoms with E-state index in [9.17, 15) is 0 Å². The summed E-state index contributed by atoms with van der Waals surface area (Å²) in [5.74, 6) is 0.830. The Morgan fingerprint density at radius 2 is 1.95 bits per heavy atom. The average molecular weight is 288 g/mol. The van der Waals surface area contributed by atoms with Crippen LogP contribution in [0.3, 0.4) is 0 Å². The second kappa shape index (κ2) is 7.84. The lowest BCUT2D eigenvalue weighted by molar-refractivity contribution is 0.475. The van der Waals surface area contributed by atoms with Crippen molar-refractivity contribution >= 4 is 5.69 Å². The first-order valence-corrected chi connectivity index (χ1v) is 8.80. The van der Waals surface area contributed by atoms with E-state index < -0.39 is 0 Å². The highest BCUT2D eigenvalue weighted by atomic mass is 15.1. The molecule has 0 spiro atoms. The SMILES string of the molecule is CCNC(C)c1ccc2c(c1)CCCN2CC(CC)CC. The number of rotatable bonds is 7. The second-order valence-electron chi connectivity index (χ2n) is 6.40. The molecule has 0 aromatic heterocycles. The van der Waals surface area contributed by atoms with E-state index >= 15 is 0 Å². The zero-order valence-corrected chi connectivity index (χ0v) is 14.3. The summed E-state index contributed by atoms with van der Waals surface area (Å²) in [6.07, 6.45) is 5.11. The number of fused-ring (bicyclic) bond motifs is 1. The first kappa shape index (κ1) is 16.4. The van der Waals surface area contributed by atoms with Gasteiger partial charge in [0.25, 0.3) is 0 Å². The number of hydrogen-bond acceptors (Lipinski definition) is 2. The lowest BCUT2D eigenvalue weighted by atomic mass is 9.95. The zero-order chi connectivity index (χ0) is 15.2. The molecule has 1 heterocycles. The van der Waals surface area contributed by atoms with Gasteiger partial charge in [-0.3, -0.25) is 0 Å². The van der Waals surface area contributed by atoms with Crippen molar-refractivity contribution in [3.8, 4) is 0 Å². The van der Waals surface area contributed by atoms with Crippen molar-refractivity contribution in [3.63, 3.8) is 0 Å². The second-order valence-corrected chi connectivity index (χ2v) is 6.40. The first-order chi connectivity index (χ1) is 10.2. The Balaban J connectivity index is 2.16. The Hall–Kier alpha value is -1.02. The van der Waals surface area contributed by atoms with E-state index in [0.29, 0.717) is 6.04 Å². The van der Waals surface area contributed by atoms with Crippen LogP contribution in [0.1, 0.15) is 64.1 Å². The molecule has 0 radical (unpaired) electrons. The predicted octanol–water partition coefficient (Wildman–Crippen LogP) is 4.55. The topological polar surface area (TPSA) is 15.3 Å². The van der Waals surface area contributed by atoms with Crippen LogP contribution >= 0.6 is 0 Å². The smallest absolute Gasteiger partial charge is 0.0399 e. The molecule has 118 valence electrons. The minimum absolute atomic E-state index is 0.453. The molecule has 2 nitrogen and oxygen atoms in total. The maximum Gasteiger partial charge on any atom is 0.0399 e. The minimum atomic E-state index is 0.453. The van der Waals surface area contributed by atoms with Crippen molar-refractivity contribution in [2.24, 2.45) is 5.92 Å². The van der Waals surface area contributed by atoms with Crippen LogP contribution in [0, 0.1) is 5.92 Å². The van der Waals surface area contributed by atoms with Gasteiger partial charge >= 0.3 is 0 Å². The Kier molecular flexibility index (Phi) is 6.10. The largest absolute Gasteiger partial charge is 0.371 e. The summed E-state index contributed by atoms with van der Waals surface area (Å²) in [5, 5.41) is 3.52. The van der Waals surface area contributed by atoms with Crippen LogP contribution in [0.25, 0.3) is 0 Å². The first-order valence-electron chi connectivity index (χ1n) is 8.80. The summed E-state index contributed by atoms with van der Waals surface area (Å²) >= 11 is 0. The monoisotopic (exact) mass is 288 g/mol. The summed E-state index contributed by atoms with van der Waals surface area (Å²) in [4.78, 5) is 2.62. The maximum atomic E-state index is 3.52. The predicted molar refractivity (Wildman–Crippen MR) is 93.1 cm³/mol. The molecule has 0 aliphatic carbocycles. The molecule has 0 fully saturated rings. The van der Waals surface area contributed by atoms with Crippen LogP contribution in [0.4, 0.5) is 5.69 Å². The third-order valence-corrected chi connectivity index (χ3v) is 4.96. The molecule has 2 rings (SSSR count). The van der Waals surface area contributed by atoms with Gasteiger partial charge in [-0.25, -0.2) is 0 Å². The number of hydrogen-bond donors (Lipinski definition) is 1. The molecule has 1 N–H and O–H groups in total. The highest BCUT2D eigenvalue weighted by molar-refractivity contribution is 5.57. The van der Waals surface area contributed by atoms with E-state index in [2.05, 4.69) is 56.1 Å². The lowest BCUT2D eigenvalue weighted by Crippen LogP contribution is -2.34. The molecule has 2 heteroatoms. The molecule has 0 bridgehead atoms. The minimum Gasteiger partial charge on any atom is -0.371 e. The summed E-state index contributed by atoms with van der Waals surface area (Å²) in [7, 11) is 0. The third kappa shape index (κ3) is 4.00. The van der Waals surface area contributed by atoms with Crippen LogP contribution in [0.5, 0.6) is 0 Å². The maximum absolute atomic E-state index is 3.52. The van der Waals surface area contributed by atoms with E-state index in [1.807, 2.05) is 0 Å². The van der Waals surface area contributed by atoms with Crippen molar-refractivity contribution in [3.05, 3.63) is 29.3 Å². The molecule has 0 amide bonds. The zero-order valence-electron chi connectivity index (χ0n) is 14.3. The van der Waals surface area contributed by atoms with Gasteiger partial charge in [0.05, 0.1) is 0 Å². The molecule has 1 aliphatic heterocycles. The van der Waals surface area contributed by atoms with Gasteiger partial charge in [0.1, 0.15) is 0 Å². The van der Waals surface area contributed by atoms with Gasteiger partial charge in [-0.1, -0.05) is 45.7 Å². The summed E-state index contributed by atoms with van der Waals surface area (Å²) < 4.78 is 0. The quantitative estimate of drug-likeness (QED) is 0.792. The summed E-state index contributed by atoms with van der Waals surface area (Å²) in [6.45, 7) is 12.6. The Bertz CT molecular complexity index is 437. The number of nitrogens with one attached hydrogen (secondary N) is 1. The van der Waals surface area contributed by atoms with Crippen LogP contribution in [0.2, 0.25) is 0 Å². The standard InChI is InChI=1S/C19H32N2/c1-5-16(6-2)14-21-12-8-9-18-13-17(10-11-19(18)21)15(4)20-7-3/h10-11,13,15-16,20H,5-9,12,14H2,1-4H3. The van der Waals surface area contributed by atoms with Gasteiger partial charge < -0.3 is 10.2 Å². The fourth-order valence-electron chi connectivity index (χ4n) is 3.44. The Morgan fingerprint density at radius 1 is 1.19 bits per heavy atom. The van der Waals surface area contributed by atoms with Crippen molar-refractivity contribution in [1.29, 1.82) is 0 Å². The van der Waals surface area contributed by atoms with Gasteiger partial charge in [-0.2, -0.15) is 0 Å². The van der Waals surface area contributed by atoms with Gasteiger partial charge in [0.2, 0.25) is 0 Å². The van der Waals surface area contributed by atoms with Crippen LogP contribution < -0.4 is 10.2 Å². The van der Waals surface area contributed by atoms with E-state index in [1.165, 1.54) is 50.0 Å². The molecule has 0 saturated heterocycles. The lowest BCUT2D eigenvalue weighted by Gasteiger charge is -2.34. The molecule has 1 aromatic carbocycles. The molecule has 21 heavy (non-hydrogen) atoms. The number of aryl methyl sites for hydroxylation is 1. The third-order valence-electron chi connectivity index (χ3n) is 4.96. The van der Waals surface area contributed by atoms with Crippen molar-refractivity contribution < 1.29 is 0 Å². The van der Waals surface area contributed by atoms with Crippen molar-refractivity contribution in [1.82, 2.24) is 5.32 Å². The van der Waals surface area contributed by atoms with Gasteiger partial charge in [0, 0.05) is 24.8 Å². The van der Waals surface area contributed by atoms with Crippen LogP contribution in [0.15, 0.2) is 18.2 Å². The molecule has 1 aliphatic rings. The summed E-state index contributed by atoms with van der Waals surface area (Å²) in [5.41, 5.74) is 4.47. The average Bonchev–Trinajstić information content (AvgIpc) is 2.52. The fraction of sp³-hybridized carbons (Fsp3) is 0.684. The highest BCUT2D eigenvalue weighted by Crippen LogP contribution is 2.31. The van der Waals surface area contributed by atoms with Gasteiger partial charge in [-0.15, -0.1) is 0 Å². The Morgan fingerprint density at radius 3 is 2.62 bits per heavy atom. The van der Waals surface area contributed by atoms with E-state index in [-0.39, 0.29) is 0 Å². The molecular weight excluding hydrogens is 256 g/mol. The van der Waals surface area contributed by atoms with Gasteiger partial charge in [-0.05, 0) is 49.4 Å². The van der Waals surface area contributed by atoms with Crippen LogP contribution in [-0.2, 0) is 6.42 Å². The number of anilines is 1. The van der Waals surface area contributed by atoms with E-state index in [1.54, 1.807) is 5.56 Å². The normalized spacial score (nSPS) is 16.1. The molecular formula is C19H32N2. The van der Waals surface area contributed by atoms with Gasteiger partial charge in [0.15, 0.2) is 0 Å². The molecule has 1 aromatic rings. The number of benzene rings is 1. The summed E-state index contributed by atoms with van der Waals surface area (Å²) in [6, 6.07) is 7.56. The van der Waals surface area contributed by atoms with E-state index in [0.717, 1.165) is 12.5 Å². The molecule has 0 saturated carbocycles. The molecule has 1 unspecified atom stereocenters. The molecule has 1 atom stereocenters. The van der Waals surface area contributed by atoms with Crippen LogP contribution in [-0.4, -0.2) is 19.6 Å². The highest BCUT2D eigenvalue weighted by Gasteiger charge is 2.20. The Labute approximate surface area is 130 Å². The van der Waals surface area contributed by atoms with Crippen molar-refractivity contribution in [2.45, 2.75) is 59.4 Å². The number of nitrogens with zero attached hydrogens (tertiary/aromatic N) is 1. The van der Waals surface area contributed by atoms with Crippen molar-refractivity contribution in [2.75, 3.05) is 24.5 Å². The fourth-order valence-corrected chi connectivity index (χ4v) is 3.44. The van der Waals surface area contributed by atoms with E-state index in [4.69, 9.17) is 0 Å².